The number of rotatable bonds is 6. The van der Waals surface area contributed by atoms with Crippen LogP contribution in [0.1, 0.15) is 16.8 Å². The Labute approximate surface area is 141 Å². The molecule has 2 amide bonds. The van der Waals surface area contributed by atoms with Gasteiger partial charge in [-0.2, -0.15) is 0 Å². The van der Waals surface area contributed by atoms with E-state index in [4.69, 9.17) is 4.74 Å². The van der Waals surface area contributed by atoms with E-state index in [1.807, 2.05) is 19.0 Å². The van der Waals surface area contributed by atoms with E-state index in [0.717, 1.165) is 6.54 Å². The van der Waals surface area contributed by atoms with Crippen molar-refractivity contribution in [3.63, 3.8) is 0 Å². The zero-order valence-corrected chi connectivity index (χ0v) is 14.2. The largest absolute Gasteiger partial charge is 0.465 e. The number of hydrogen-bond acceptors (Lipinski definition) is 5. The SMILES string of the molecule is COC(=O)c1ccccc1N1CC(C(=O)NCCN(C)C)CC1=O. The van der Waals surface area contributed by atoms with Gasteiger partial charge in [0.05, 0.1) is 24.3 Å². The molecule has 1 N–H and O–H groups in total. The minimum atomic E-state index is -0.503. The molecule has 1 aromatic carbocycles. The van der Waals surface area contributed by atoms with Gasteiger partial charge in [0, 0.05) is 26.1 Å². The molecule has 1 fully saturated rings. The molecule has 1 aromatic rings. The quantitative estimate of drug-likeness (QED) is 0.767. The maximum atomic E-state index is 12.3. The molecule has 0 bridgehead atoms. The lowest BCUT2D eigenvalue weighted by molar-refractivity contribution is -0.126. The topological polar surface area (TPSA) is 79.0 Å². The molecule has 0 aliphatic carbocycles. The van der Waals surface area contributed by atoms with Gasteiger partial charge in [0.1, 0.15) is 0 Å². The van der Waals surface area contributed by atoms with Crippen molar-refractivity contribution in [1.82, 2.24) is 10.2 Å². The molecule has 1 aliphatic heterocycles. The Hall–Kier alpha value is -2.41. The fourth-order valence-corrected chi connectivity index (χ4v) is 2.65. The van der Waals surface area contributed by atoms with Gasteiger partial charge in [-0.05, 0) is 26.2 Å². The summed E-state index contributed by atoms with van der Waals surface area (Å²) in [6.45, 7) is 1.54. The first-order valence-electron chi connectivity index (χ1n) is 7.84. The number of benzene rings is 1. The van der Waals surface area contributed by atoms with Crippen molar-refractivity contribution >= 4 is 23.5 Å². The van der Waals surface area contributed by atoms with Crippen LogP contribution in [0.5, 0.6) is 0 Å². The van der Waals surface area contributed by atoms with Gasteiger partial charge in [-0.25, -0.2) is 4.79 Å². The smallest absolute Gasteiger partial charge is 0.339 e. The molecule has 1 saturated heterocycles. The second-order valence-electron chi connectivity index (χ2n) is 6.01. The van der Waals surface area contributed by atoms with Crippen LogP contribution < -0.4 is 10.2 Å². The molecule has 0 saturated carbocycles. The summed E-state index contributed by atoms with van der Waals surface area (Å²) < 4.78 is 4.76. The molecule has 24 heavy (non-hydrogen) atoms. The Bertz CT molecular complexity index is 630. The number of esters is 1. The molecule has 7 heteroatoms. The summed E-state index contributed by atoms with van der Waals surface area (Å²) in [4.78, 5) is 39.9. The van der Waals surface area contributed by atoms with Crippen LogP contribution >= 0.6 is 0 Å². The number of carbonyl (C=O) groups excluding carboxylic acids is 3. The Balaban J connectivity index is 2.08. The number of methoxy groups -OCH3 is 1. The fraction of sp³-hybridized carbons (Fsp3) is 0.471. The van der Waals surface area contributed by atoms with Crippen molar-refractivity contribution in [3.8, 4) is 0 Å². The Kier molecular flexibility index (Phi) is 5.92. The van der Waals surface area contributed by atoms with Gasteiger partial charge in [-0.3, -0.25) is 9.59 Å². The Morgan fingerprint density at radius 2 is 2.04 bits per heavy atom. The number of likely N-dealkylation sites (N-methyl/N-ethyl adjacent to an activating group) is 1. The summed E-state index contributed by atoms with van der Waals surface area (Å²) in [5.41, 5.74) is 0.806. The van der Waals surface area contributed by atoms with Crippen molar-refractivity contribution < 1.29 is 19.1 Å². The number of carbonyl (C=O) groups is 3. The highest BCUT2D eigenvalue weighted by molar-refractivity contribution is 6.05. The fourth-order valence-electron chi connectivity index (χ4n) is 2.65. The summed E-state index contributed by atoms with van der Waals surface area (Å²) in [7, 11) is 5.15. The number of nitrogens with one attached hydrogen (secondary N) is 1. The summed E-state index contributed by atoms with van der Waals surface area (Å²) in [5, 5.41) is 2.85. The zero-order chi connectivity index (χ0) is 17.7. The molecular formula is C17H23N3O4. The predicted octanol–water partition coefficient (Wildman–Crippen LogP) is 0.504. The van der Waals surface area contributed by atoms with Crippen molar-refractivity contribution in [2.24, 2.45) is 5.92 Å². The number of ether oxygens (including phenoxy) is 1. The van der Waals surface area contributed by atoms with Gasteiger partial charge in [-0.1, -0.05) is 12.1 Å². The van der Waals surface area contributed by atoms with E-state index >= 15 is 0 Å². The van der Waals surface area contributed by atoms with Gasteiger partial charge in [-0.15, -0.1) is 0 Å². The third-order valence-electron chi connectivity index (χ3n) is 3.95. The molecule has 1 aliphatic rings. The highest BCUT2D eigenvalue weighted by atomic mass is 16.5. The molecule has 0 aromatic heterocycles. The lowest BCUT2D eigenvalue weighted by Gasteiger charge is -2.19. The molecule has 1 heterocycles. The molecule has 1 atom stereocenters. The summed E-state index contributed by atoms with van der Waals surface area (Å²) in [6.07, 6.45) is 0.142. The van der Waals surface area contributed by atoms with E-state index in [2.05, 4.69) is 5.32 Å². The second kappa shape index (κ2) is 7.92. The van der Waals surface area contributed by atoms with Crippen molar-refractivity contribution in [2.75, 3.05) is 45.7 Å². The molecule has 2 rings (SSSR count). The highest BCUT2D eigenvalue weighted by Crippen LogP contribution is 2.28. The third-order valence-corrected chi connectivity index (χ3v) is 3.95. The molecule has 1 unspecified atom stereocenters. The van der Waals surface area contributed by atoms with E-state index in [0.29, 0.717) is 17.8 Å². The van der Waals surface area contributed by atoms with Crippen LogP contribution in [0, 0.1) is 5.92 Å². The van der Waals surface area contributed by atoms with Crippen LogP contribution in [-0.4, -0.2) is 63.5 Å². The summed E-state index contributed by atoms with van der Waals surface area (Å²) >= 11 is 0. The first kappa shape index (κ1) is 17.9. The van der Waals surface area contributed by atoms with Gasteiger partial charge in [0.25, 0.3) is 0 Å². The predicted molar refractivity (Wildman–Crippen MR) is 89.8 cm³/mol. The minimum Gasteiger partial charge on any atom is -0.465 e. The first-order valence-corrected chi connectivity index (χ1v) is 7.84. The average molecular weight is 333 g/mol. The van der Waals surface area contributed by atoms with Gasteiger partial charge >= 0.3 is 5.97 Å². The average Bonchev–Trinajstić information content (AvgIpc) is 2.95. The molecular weight excluding hydrogens is 310 g/mol. The lowest BCUT2D eigenvalue weighted by atomic mass is 10.1. The maximum Gasteiger partial charge on any atom is 0.339 e. The van der Waals surface area contributed by atoms with Gasteiger partial charge < -0.3 is 19.9 Å². The first-order chi connectivity index (χ1) is 11.4. The lowest BCUT2D eigenvalue weighted by Crippen LogP contribution is -2.36. The van der Waals surface area contributed by atoms with E-state index in [1.54, 1.807) is 24.3 Å². The molecule has 130 valence electrons. The highest BCUT2D eigenvalue weighted by Gasteiger charge is 2.36. The number of hydrogen-bond donors (Lipinski definition) is 1. The van der Waals surface area contributed by atoms with Gasteiger partial charge in [0.2, 0.25) is 11.8 Å². The van der Waals surface area contributed by atoms with Crippen molar-refractivity contribution in [1.29, 1.82) is 0 Å². The van der Waals surface area contributed by atoms with Gasteiger partial charge in [0.15, 0.2) is 0 Å². The van der Waals surface area contributed by atoms with E-state index in [1.165, 1.54) is 12.0 Å². The zero-order valence-electron chi connectivity index (χ0n) is 14.2. The summed E-state index contributed by atoms with van der Waals surface area (Å²) in [5.74, 6) is -1.22. The van der Waals surface area contributed by atoms with E-state index in [9.17, 15) is 14.4 Å². The van der Waals surface area contributed by atoms with E-state index < -0.39 is 11.9 Å². The molecule has 0 radical (unpaired) electrons. The molecule has 0 spiro atoms. The van der Waals surface area contributed by atoms with Crippen LogP contribution in [0.4, 0.5) is 5.69 Å². The number of amides is 2. The minimum absolute atomic E-state index is 0.136. The van der Waals surface area contributed by atoms with Crippen molar-refractivity contribution in [2.45, 2.75) is 6.42 Å². The Morgan fingerprint density at radius 3 is 2.71 bits per heavy atom. The van der Waals surface area contributed by atoms with E-state index in [-0.39, 0.29) is 24.8 Å². The van der Waals surface area contributed by atoms with Crippen LogP contribution in [0.2, 0.25) is 0 Å². The summed E-state index contributed by atoms with van der Waals surface area (Å²) in [6, 6.07) is 6.76. The second-order valence-corrected chi connectivity index (χ2v) is 6.01. The van der Waals surface area contributed by atoms with Crippen LogP contribution in [0.3, 0.4) is 0 Å². The number of anilines is 1. The third kappa shape index (κ3) is 4.11. The number of para-hydroxylation sites is 1. The normalized spacial score (nSPS) is 17.2. The number of nitrogens with zero attached hydrogens (tertiary/aromatic N) is 2. The maximum absolute atomic E-state index is 12.3. The monoisotopic (exact) mass is 333 g/mol. The van der Waals surface area contributed by atoms with Crippen LogP contribution in [-0.2, 0) is 14.3 Å². The van der Waals surface area contributed by atoms with Crippen molar-refractivity contribution in [3.05, 3.63) is 29.8 Å². The Morgan fingerprint density at radius 1 is 1.33 bits per heavy atom. The standard InChI is InChI=1S/C17H23N3O4/c1-19(2)9-8-18-16(22)12-10-15(21)20(11-12)14-7-5-4-6-13(14)17(23)24-3/h4-7,12H,8-11H2,1-3H3,(H,18,22). The molecule has 7 nitrogen and oxygen atoms in total. The van der Waals surface area contributed by atoms with Crippen LogP contribution in [0.25, 0.3) is 0 Å². The van der Waals surface area contributed by atoms with Crippen LogP contribution in [0.15, 0.2) is 24.3 Å².